The molecule has 2 heterocycles. The highest BCUT2D eigenvalue weighted by molar-refractivity contribution is 9.10. The van der Waals surface area contributed by atoms with Gasteiger partial charge >= 0.3 is 0 Å². The van der Waals surface area contributed by atoms with Crippen LogP contribution >= 0.6 is 27.5 Å². The molecule has 0 aliphatic carbocycles. The summed E-state index contributed by atoms with van der Waals surface area (Å²) in [5.41, 5.74) is 1.78. The van der Waals surface area contributed by atoms with E-state index in [1.807, 2.05) is 43.0 Å². The van der Waals surface area contributed by atoms with Gasteiger partial charge in [-0.25, -0.2) is 0 Å². The molecule has 0 unspecified atom stereocenters. The van der Waals surface area contributed by atoms with Crippen LogP contribution in [0.1, 0.15) is 21.9 Å². The van der Waals surface area contributed by atoms with Crippen LogP contribution < -0.4 is 4.90 Å². The Morgan fingerprint density at radius 3 is 2.22 bits per heavy atom. The number of benzene rings is 1. The molecule has 4 nitrogen and oxygen atoms in total. The molecule has 0 spiro atoms. The van der Waals surface area contributed by atoms with E-state index < -0.39 is 0 Å². The van der Waals surface area contributed by atoms with Crippen LogP contribution in [0.3, 0.4) is 0 Å². The quantitative estimate of drug-likeness (QED) is 0.759. The standard InChI is InChI=1S/C17H18BrClN2O2/c1-11-15(16(18)12(2)23-11)17(22)21-9-7-20(8-10-21)14-5-3-13(19)4-6-14/h3-6H,7-10H2,1-2H3. The van der Waals surface area contributed by atoms with Crippen molar-refractivity contribution in [3.05, 3.63) is 50.8 Å². The number of aryl methyl sites for hydroxylation is 2. The maximum atomic E-state index is 12.7. The minimum Gasteiger partial charge on any atom is -0.465 e. The Hall–Kier alpha value is -1.46. The summed E-state index contributed by atoms with van der Waals surface area (Å²) in [7, 11) is 0. The van der Waals surface area contributed by atoms with Gasteiger partial charge in [-0.2, -0.15) is 0 Å². The molecule has 1 aliphatic rings. The third-order valence-corrected chi connectivity index (χ3v) is 5.37. The monoisotopic (exact) mass is 396 g/mol. The zero-order valence-corrected chi connectivity index (χ0v) is 15.4. The molecular weight excluding hydrogens is 380 g/mol. The second-order valence-electron chi connectivity index (χ2n) is 5.66. The molecule has 1 aliphatic heterocycles. The van der Waals surface area contributed by atoms with E-state index in [4.69, 9.17) is 16.0 Å². The van der Waals surface area contributed by atoms with Crippen molar-refractivity contribution in [3.63, 3.8) is 0 Å². The Kier molecular flexibility index (Phi) is 4.69. The Morgan fingerprint density at radius 1 is 1.09 bits per heavy atom. The molecule has 1 amide bonds. The largest absolute Gasteiger partial charge is 0.465 e. The normalized spacial score (nSPS) is 15.1. The average molecular weight is 398 g/mol. The molecule has 1 fully saturated rings. The highest BCUT2D eigenvalue weighted by Crippen LogP contribution is 2.29. The van der Waals surface area contributed by atoms with Crippen LogP contribution in [0.2, 0.25) is 5.02 Å². The van der Waals surface area contributed by atoms with E-state index in [0.29, 0.717) is 24.4 Å². The van der Waals surface area contributed by atoms with Crippen LogP contribution in [0.25, 0.3) is 0 Å². The molecule has 3 rings (SSSR count). The predicted molar refractivity (Wildman–Crippen MR) is 95.5 cm³/mol. The number of hydrogen-bond donors (Lipinski definition) is 0. The molecule has 1 aromatic heterocycles. The number of rotatable bonds is 2. The van der Waals surface area contributed by atoms with Crippen molar-refractivity contribution in [1.29, 1.82) is 0 Å². The van der Waals surface area contributed by atoms with Crippen LogP contribution in [0.5, 0.6) is 0 Å². The molecule has 122 valence electrons. The van der Waals surface area contributed by atoms with Crippen LogP contribution in [0.15, 0.2) is 33.2 Å². The van der Waals surface area contributed by atoms with E-state index >= 15 is 0 Å². The van der Waals surface area contributed by atoms with E-state index in [2.05, 4.69) is 20.8 Å². The summed E-state index contributed by atoms with van der Waals surface area (Å²) in [5, 5.41) is 0.734. The second-order valence-corrected chi connectivity index (χ2v) is 6.89. The third kappa shape index (κ3) is 3.26. The van der Waals surface area contributed by atoms with Gasteiger partial charge in [0, 0.05) is 36.9 Å². The molecule has 0 N–H and O–H groups in total. The molecule has 6 heteroatoms. The zero-order chi connectivity index (χ0) is 16.6. The number of furan rings is 1. The first kappa shape index (κ1) is 16.4. The zero-order valence-electron chi connectivity index (χ0n) is 13.1. The van der Waals surface area contributed by atoms with Crippen LogP contribution in [-0.4, -0.2) is 37.0 Å². The minimum absolute atomic E-state index is 0.0296. The molecule has 1 aromatic carbocycles. The van der Waals surface area contributed by atoms with Crippen molar-refractivity contribution in [2.45, 2.75) is 13.8 Å². The number of piperazine rings is 1. The van der Waals surface area contributed by atoms with Crippen molar-refractivity contribution in [3.8, 4) is 0 Å². The van der Waals surface area contributed by atoms with Crippen molar-refractivity contribution in [2.75, 3.05) is 31.1 Å². The van der Waals surface area contributed by atoms with Crippen molar-refractivity contribution >= 4 is 39.1 Å². The Labute approximate surface area is 149 Å². The van der Waals surface area contributed by atoms with Gasteiger partial charge in [-0.05, 0) is 54.0 Å². The van der Waals surface area contributed by atoms with Gasteiger partial charge in [-0.15, -0.1) is 0 Å². The van der Waals surface area contributed by atoms with Gasteiger partial charge in [0.25, 0.3) is 5.91 Å². The van der Waals surface area contributed by atoms with E-state index in [0.717, 1.165) is 34.0 Å². The summed E-state index contributed by atoms with van der Waals surface area (Å²) in [6, 6.07) is 7.81. The van der Waals surface area contributed by atoms with Crippen LogP contribution in [-0.2, 0) is 0 Å². The topological polar surface area (TPSA) is 36.7 Å². The molecule has 2 aromatic rings. The third-order valence-electron chi connectivity index (χ3n) is 4.16. The highest BCUT2D eigenvalue weighted by Gasteiger charge is 2.27. The van der Waals surface area contributed by atoms with Crippen molar-refractivity contribution in [1.82, 2.24) is 4.90 Å². The fraction of sp³-hybridized carbons (Fsp3) is 0.353. The Balaban J connectivity index is 1.69. The first-order chi connectivity index (χ1) is 11.0. The Morgan fingerprint density at radius 2 is 1.70 bits per heavy atom. The SMILES string of the molecule is Cc1oc(C)c(C(=O)N2CCN(c3ccc(Cl)cc3)CC2)c1Br. The summed E-state index contributed by atoms with van der Waals surface area (Å²) >= 11 is 9.39. The smallest absolute Gasteiger partial charge is 0.258 e. The maximum absolute atomic E-state index is 12.7. The molecule has 23 heavy (non-hydrogen) atoms. The number of hydrogen-bond acceptors (Lipinski definition) is 3. The highest BCUT2D eigenvalue weighted by atomic mass is 79.9. The van der Waals surface area contributed by atoms with Crippen LogP contribution in [0.4, 0.5) is 5.69 Å². The van der Waals surface area contributed by atoms with E-state index in [1.165, 1.54) is 0 Å². The molecule has 0 saturated carbocycles. The summed E-state index contributed by atoms with van der Waals surface area (Å²) in [6.07, 6.45) is 0. The van der Waals surface area contributed by atoms with Gasteiger partial charge in [-0.1, -0.05) is 11.6 Å². The molecule has 0 radical (unpaired) electrons. The van der Waals surface area contributed by atoms with Gasteiger partial charge in [0.1, 0.15) is 11.5 Å². The minimum atomic E-state index is 0.0296. The lowest BCUT2D eigenvalue weighted by molar-refractivity contribution is 0.0744. The van der Waals surface area contributed by atoms with Crippen molar-refractivity contribution < 1.29 is 9.21 Å². The van der Waals surface area contributed by atoms with E-state index in [1.54, 1.807) is 0 Å². The number of nitrogens with zero attached hydrogens (tertiary/aromatic N) is 2. The number of carbonyl (C=O) groups excluding carboxylic acids is 1. The molecule has 0 atom stereocenters. The maximum Gasteiger partial charge on any atom is 0.258 e. The predicted octanol–water partition coefficient (Wildman–Crippen LogP) is 4.27. The first-order valence-electron chi connectivity index (χ1n) is 7.52. The Bertz CT molecular complexity index is 719. The summed E-state index contributed by atoms with van der Waals surface area (Å²) < 4.78 is 6.31. The number of amides is 1. The summed E-state index contributed by atoms with van der Waals surface area (Å²) in [5.74, 6) is 1.44. The van der Waals surface area contributed by atoms with E-state index in [-0.39, 0.29) is 5.91 Å². The average Bonchev–Trinajstić information content (AvgIpc) is 2.80. The van der Waals surface area contributed by atoms with Gasteiger partial charge < -0.3 is 14.2 Å². The molecular formula is C17H18BrClN2O2. The van der Waals surface area contributed by atoms with Gasteiger partial charge in [0.15, 0.2) is 0 Å². The molecule has 0 bridgehead atoms. The van der Waals surface area contributed by atoms with Crippen LogP contribution in [0, 0.1) is 13.8 Å². The lowest BCUT2D eigenvalue weighted by Crippen LogP contribution is -2.48. The fourth-order valence-electron chi connectivity index (χ4n) is 2.88. The van der Waals surface area contributed by atoms with Gasteiger partial charge in [0.05, 0.1) is 10.0 Å². The lowest BCUT2D eigenvalue weighted by atomic mass is 10.2. The second kappa shape index (κ2) is 6.57. The summed E-state index contributed by atoms with van der Waals surface area (Å²) in [4.78, 5) is 16.9. The number of carbonyl (C=O) groups is 1. The van der Waals surface area contributed by atoms with E-state index in [9.17, 15) is 4.79 Å². The first-order valence-corrected chi connectivity index (χ1v) is 8.69. The number of anilines is 1. The van der Waals surface area contributed by atoms with Gasteiger partial charge in [0.2, 0.25) is 0 Å². The summed E-state index contributed by atoms with van der Waals surface area (Å²) in [6.45, 7) is 6.68. The van der Waals surface area contributed by atoms with Crippen molar-refractivity contribution in [2.24, 2.45) is 0 Å². The lowest BCUT2D eigenvalue weighted by Gasteiger charge is -2.36. The van der Waals surface area contributed by atoms with Gasteiger partial charge in [-0.3, -0.25) is 4.79 Å². The fourth-order valence-corrected chi connectivity index (χ4v) is 3.53. The number of halogens is 2. The molecule has 1 saturated heterocycles.